The fourth-order valence-electron chi connectivity index (χ4n) is 0.784. The van der Waals surface area contributed by atoms with Gasteiger partial charge in [-0.3, -0.25) is 0 Å². The molecule has 0 saturated heterocycles. The lowest BCUT2D eigenvalue weighted by Gasteiger charge is -2.05. The van der Waals surface area contributed by atoms with Crippen LogP contribution in [-0.2, 0) is 0 Å². The van der Waals surface area contributed by atoms with E-state index >= 15 is 0 Å². The van der Waals surface area contributed by atoms with E-state index in [1.165, 1.54) is 12.1 Å². The number of rotatable bonds is 1. The van der Waals surface area contributed by atoms with E-state index in [9.17, 15) is 8.78 Å². The summed E-state index contributed by atoms with van der Waals surface area (Å²) < 4.78 is 24.7. The molecule has 1 rings (SSSR count). The summed E-state index contributed by atoms with van der Waals surface area (Å²) in [6.45, 7) is 0. The van der Waals surface area contributed by atoms with Crippen molar-refractivity contribution < 1.29 is 8.78 Å². The van der Waals surface area contributed by atoms with Gasteiger partial charge in [0, 0.05) is 10.2 Å². The largest absolute Gasteiger partial charge is 0.398 e. The molecule has 2 N–H and O–H groups in total. The monoisotopic (exact) mass is 221 g/mol. The van der Waals surface area contributed by atoms with E-state index in [-0.39, 0.29) is 11.3 Å². The minimum absolute atomic E-state index is 0.120. The molecule has 4 heteroatoms. The van der Waals surface area contributed by atoms with Crippen LogP contribution in [0.25, 0.3) is 0 Å². The molecule has 0 aliphatic carbocycles. The minimum Gasteiger partial charge on any atom is -0.398 e. The summed E-state index contributed by atoms with van der Waals surface area (Å²) in [6, 6.07) is 4.61. The van der Waals surface area contributed by atoms with Gasteiger partial charge in [-0.2, -0.15) is 0 Å². The highest BCUT2D eigenvalue weighted by molar-refractivity contribution is 9.10. The molecule has 0 aliphatic heterocycles. The summed E-state index contributed by atoms with van der Waals surface area (Å²) in [7, 11) is 0. The molecular formula is C7H6BrF2N. The number of hydrogen-bond donors (Lipinski definition) is 1. The molecule has 0 unspecified atom stereocenters. The molecule has 60 valence electrons. The maximum Gasteiger partial charge on any atom is 0.266 e. The average molecular weight is 222 g/mol. The van der Waals surface area contributed by atoms with Crippen LogP contribution in [0.3, 0.4) is 0 Å². The molecule has 0 aromatic heterocycles. The second kappa shape index (κ2) is 3.17. The highest BCUT2D eigenvalue weighted by Crippen LogP contribution is 2.31. The normalized spacial score (nSPS) is 10.5. The van der Waals surface area contributed by atoms with Crippen molar-refractivity contribution in [1.82, 2.24) is 0 Å². The van der Waals surface area contributed by atoms with Gasteiger partial charge in [0.2, 0.25) is 0 Å². The van der Waals surface area contributed by atoms with Gasteiger partial charge < -0.3 is 5.73 Å². The van der Waals surface area contributed by atoms with Crippen molar-refractivity contribution >= 4 is 21.6 Å². The van der Waals surface area contributed by atoms with Crippen molar-refractivity contribution in [1.29, 1.82) is 0 Å². The molecule has 1 aromatic carbocycles. The molecule has 1 aromatic rings. The molecule has 0 radical (unpaired) electrons. The molecule has 0 heterocycles. The Hall–Kier alpha value is -0.640. The van der Waals surface area contributed by atoms with E-state index in [1.807, 2.05) is 0 Å². The van der Waals surface area contributed by atoms with E-state index in [2.05, 4.69) is 15.9 Å². The van der Waals surface area contributed by atoms with E-state index in [1.54, 1.807) is 6.07 Å². The number of alkyl halides is 2. The zero-order valence-corrected chi connectivity index (χ0v) is 7.11. The third-order valence-corrected chi connectivity index (χ3v) is 2.00. The fourth-order valence-corrected chi connectivity index (χ4v) is 1.34. The van der Waals surface area contributed by atoms with Crippen molar-refractivity contribution in [3.8, 4) is 0 Å². The van der Waals surface area contributed by atoms with Crippen molar-refractivity contribution in [2.75, 3.05) is 5.73 Å². The van der Waals surface area contributed by atoms with Crippen LogP contribution in [0.1, 0.15) is 12.0 Å². The number of benzene rings is 1. The second-order valence-corrected chi connectivity index (χ2v) is 2.90. The zero-order valence-electron chi connectivity index (χ0n) is 5.52. The van der Waals surface area contributed by atoms with E-state index in [4.69, 9.17) is 5.73 Å². The number of hydrogen-bond acceptors (Lipinski definition) is 1. The van der Waals surface area contributed by atoms with Gasteiger partial charge in [-0.25, -0.2) is 8.78 Å². The van der Waals surface area contributed by atoms with Gasteiger partial charge in [-0.1, -0.05) is 22.0 Å². The first-order valence-corrected chi connectivity index (χ1v) is 3.74. The van der Waals surface area contributed by atoms with Crippen molar-refractivity contribution in [3.63, 3.8) is 0 Å². The predicted molar refractivity (Wildman–Crippen MR) is 43.5 cm³/mol. The number of anilines is 1. The molecule has 0 saturated carbocycles. The molecule has 0 atom stereocenters. The van der Waals surface area contributed by atoms with Crippen LogP contribution in [0.4, 0.5) is 14.5 Å². The van der Waals surface area contributed by atoms with Gasteiger partial charge in [0.25, 0.3) is 6.43 Å². The first-order valence-electron chi connectivity index (χ1n) is 2.95. The van der Waals surface area contributed by atoms with Crippen molar-refractivity contribution in [3.05, 3.63) is 28.2 Å². The molecule has 0 amide bonds. The third-order valence-electron chi connectivity index (χ3n) is 1.30. The summed E-state index contributed by atoms with van der Waals surface area (Å²) in [6.07, 6.45) is -2.52. The van der Waals surface area contributed by atoms with Gasteiger partial charge in [-0.15, -0.1) is 0 Å². The van der Waals surface area contributed by atoms with Crippen molar-refractivity contribution in [2.24, 2.45) is 0 Å². The highest BCUT2D eigenvalue weighted by atomic mass is 79.9. The summed E-state index contributed by atoms with van der Waals surface area (Å²) in [5, 5.41) is 0. The van der Waals surface area contributed by atoms with E-state index in [0.29, 0.717) is 4.47 Å². The Bertz CT molecular complexity index is 242. The number of halogens is 3. The lowest BCUT2D eigenvalue weighted by atomic mass is 10.2. The maximum atomic E-state index is 12.2. The molecule has 0 aliphatic rings. The topological polar surface area (TPSA) is 26.0 Å². The minimum atomic E-state index is -2.52. The Morgan fingerprint density at radius 1 is 1.36 bits per heavy atom. The van der Waals surface area contributed by atoms with Crippen LogP contribution in [-0.4, -0.2) is 0 Å². The highest BCUT2D eigenvalue weighted by Gasteiger charge is 2.13. The van der Waals surface area contributed by atoms with Crippen LogP contribution < -0.4 is 5.73 Å². The molecule has 1 nitrogen and oxygen atoms in total. The first-order chi connectivity index (χ1) is 5.13. The maximum absolute atomic E-state index is 12.2. The van der Waals surface area contributed by atoms with Crippen LogP contribution >= 0.6 is 15.9 Å². The SMILES string of the molecule is Nc1cccc(Br)c1C(F)F. The molecule has 0 spiro atoms. The molecule has 0 bridgehead atoms. The van der Waals surface area contributed by atoms with Crippen LogP contribution in [0.5, 0.6) is 0 Å². The van der Waals surface area contributed by atoms with Gasteiger partial charge >= 0.3 is 0 Å². The second-order valence-electron chi connectivity index (χ2n) is 2.04. The van der Waals surface area contributed by atoms with Gasteiger partial charge in [0.1, 0.15) is 0 Å². The lowest BCUT2D eigenvalue weighted by Crippen LogP contribution is -1.94. The summed E-state index contributed by atoms with van der Waals surface area (Å²) in [5.74, 6) is 0. The molecular weight excluding hydrogens is 216 g/mol. The Morgan fingerprint density at radius 3 is 2.36 bits per heavy atom. The van der Waals surface area contributed by atoms with Gasteiger partial charge in [-0.05, 0) is 12.1 Å². The van der Waals surface area contributed by atoms with Crippen LogP contribution in [0, 0.1) is 0 Å². The molecule has 0 fully saturated rings. The Labute approximate surface area is 71.3 Å². The Kier molecular flexibility index (Phi) is 2.44. The van der Waals surface area contributed by atoms with Crippen LogP contribution in [0.15, 0.2) is 22.7 Å². The summed E-state index contributed by atoms with van der Waals surface area (Å²) in [5.41, 5.74) is 5.30. The first kappa shape index (κ1) is 8.46. The summed E-state index contributed by atoms with van der Waals surface area (Å²) in [4.78, 5) is 0. The van der Waals surface area contributed by atoms with E-state index < -0.39 is 6.43 Å². The van der Waals surface area contributed by atoms with Gasteiger partial charge in [0.15, 0.2) is 0 Å². The van der Waals surface area contributed by atoms with Crippen molar-refractivity contribution in [2.45, 2.75) is 6.43 Å². The predicted octanol–water partition coefficient (Wildman–Crippen LogP) is 2.97. The fraction of sp³-hybridized carbons (Fsp3) is 0.143. The van der Waals surface area contributed by atoms with Crippen LogP contribution in [0.2, 0.25) is 0 Å². The standard InChI is InChI=1S/C7H6BrF2N/c8-4-2-1-3-5(11)6(4)7(9)10/h1-3,7H,11H2. The Balaban J connectivity index is 3.21. The molecule has 11 heavy (non-hydrogen) atoms. The average Bonchev–Trinajstić information content (AvgIpc) is 1.85. The smallest absolute Gasteiger partial charge is 0.266 e. The quantitative estimate of drug-likeness (QED) is 0.726. The number of nitrogens with two attached hydrogens (primary N) is 1. The van der Waals surface area contributed by atoms with E-state index in [0.717, 1.165) is 0 Å². The van der Waals surface area contributed by atoms with Gasteiger partial charge in [0.05, 0.1) is 5.56 Å². The lowest BCUT2D eigenvalue weighted by molar-refractivity contribution is 0.151. The number of nitrogen functional groups attached to an aromatic ring is 1. The third kappa shape index (κ3) is 1.68. The summed E-state index contributed by atoms with van der Waals surface area (Å²) >= 11 is 2.99. The Morgan fingerprint density at radius 2 is 2.00 bits per heavy atom. The zero-order chi connectivity index (χ0) is 8.43.